The molecule has 0 N–H and O–H groups in total. The second kappa shape index (κ2) is 5.06. The average Bonchev–Trinajstić information content (AvgIpc) is 2.11. The summed E-state index contributed by atoms with van der Waals surface area (Å²) in [5, 5.41) is 0.419. The standard InChI is InChI=1S/C11H15ClN2OS/c1-8-5-9(6-10(12)14-8)7-13-16(15)11(2,3)4/h5-7H,1-4H3/b13-7+. The van der Waals surface area contributed by atoms with Gasteiger partial charge in [0.15, 0.2) is 0 Å². The van der Waals surface area contributed by atoms with Crippen molar-refractivity contribution in [3.63, 3.8) is 0 Å². The molecule has 88 valence electrons. The molecule has 0 aliphatic rings. The summed E-state index contributed by atoms with van der Waals surface area (Å²) in [7, 11) is -1.25. The van der Waals surface area contributed by atoms with E-state index < -0.39 is 11.0 Å². The number of hydrogen-bond donors (Lipinski definition) is 0. The van der Waals surface area contributed by atoms with E-state index in [9.17, 15) is 4.21 Å². The highest BCUT2D eigenvalue weighted by Gasteiger charge is 2.18. The van der Waals surface area contributed by atoms with E-state index >= 15 is 0 Å². The van der Waals surface area contributed by atoms with Gasteiger partial charge in [-0.05, 0) is 45.4 Å². The Hall–Kier alpha value is -0.740. The van der Waals surface area contributed by atoms with E-state index in [0.29, 0.717) is 5.15 Å². The first-order valence-electron chi connectivity index (χ1n) is 4.89. The van der Waals surface area contributed by atoms with E-state index in [2.05, 4.69) is 9.38 Å². The Labute approximate surface area is 104 Å². The van der Waals surface area contributed by atoms with Gasteiger partial charge < -0.3 is 0 Å². The van der Waals surface area contributed by atoms with Crippen molar-refractivity contribution < 1.29 is 4.21 Å². The summed E-state index contributed by atoms with van der Waals surface area (Å²) in [5.41, 5.74) is 1.63. The van der Waals surface area contributed by atoms with Crippen LogP contribution < -0.4 is 0 Å². The number of hydrogen-bond acceptors (Lipinski definition) is 2. The molecular weight excluding hydrogens is 244 g/mol. The number of pyridine rings is 1. The summed E-state index contributed by atoms with van der Waals surface area (Å²) < 4.78 is 15.3. The van der Waals surface area contributed by atoms with E-state index in [0.717, 1.165) is 11.3 Å². The Balaban J connectivity index is 2.89. The maximum atomic E-state index is 11.7. The summed E-state index contributed by atoms with van der Waals surface area (Å²) in [6.07, 6.45) is 1.57. The molecule has 0 bridgehead atoms. The number of aromatic nitrogens is 1. The molecule has 16 heavy (non-hydrogen) atoms. The number of aryl methyl sites for hydroxylation is 1. The third-order valence-electron chi connectivity index (χ3n) is 1.77. The number of halogens is 1. The van der Waals surface area contributed by atoms with Gasteiger partial charge in [0.05, 0.1) is 4.75 Å². The molecule has 0 aromatic carbocycles. The fourth-order valence-corrected chi connectivity index (χ4v) is 1.79. The van der Waals surface area contributed by atoms with Crippen LogP contribution >= 0.6 is 11.6 Å². The molecule has 0 aliphatic carbocycles. The van der Waals surface area contributed by atoms with E-state index in [-0.39, 0.29) is 4.75 Å². The van der Waals surface area contributed by atoms with Crippen LogP contribution in [0.4, 0.5) is 0 Å². The topological polar surface area (TPSA) is 42.3 Å². The summed E-state index contributed by atoms with van der Waals surface area (Å²) >= 11 is 5.81. The smallest absolute Gasteiger partial charge is 0.144 e. The first-order valence-corrected chi connectivity index (χ1v) is 6.38. The van der Waals surface area contributed by atoms with Crippen molar-refractivity contribution in [2.75, 3.05) is 0 Å². The molecule has 1 aromatic rings. The summed E-state index contributed by atoms with van der Waals surface area (Å²) in [6.45, 7) is 7.49. The molecule has 5 heteroatoms. The quantitative estimate of drug-likeness (QED) is 0.605. The lowest BCUT2D eigenvalue weighted by atomic mass is 10.2. The first kappa shape index (κ1) is 13.3. The third-order valence-corrected chi connectivity index (χ3v) is 3.30. The van der Waals surface area contributed by atoms with Gasteiger partial charge in [-0.25, -0.2) is 9.19 Å². The van der Waals surface area contributed by atoms with Gasteiger partial charge >= 0.3 is 0 Å². The minimum Gasteiger partial charge on any atom is -0.241 e. The van der Waals surface area contributed by atoms with Gasteiger partial charge in [-0.15, -0.1) is 0 Å². The predicted molar refractivity (Wildman–Crippen MR) is 69.5 cm³/mol. The second-order valence-corrected chi connectivity index (χ2v) is 6.78. The molecule has 0 aliphatic heterocycles. The average molecular weight is 259 g/mol. The van der Waals surface area contributed by atoms with Crippen molar-refractivity contribution in [1.82, 2.24) is 4.98 Å². The Morgan fingerprint density at radius 3 is 2.56 bits per heavy atom. The monoisotopic (exact) mass is 258 g/mol. The highest BCUT2D eigenvalue weighted by atomic mass is 35.5. The Morgan fingerprint density at radius 1 is 1.44 bits per heavy atom. The molecule has 1 aromatic heterocycles. The van der Waals surface area contributed by atoms with Gasteiger partial charge in [0, 0.05) is 11.9 Å². The largest absolute Gasteiger partial charge is 0.241 e. The lowest BCUT2D eigenvalue weighted by Crippen LogP contribution is -2.19. The van der Waals surface area contributed by atoms with Gasteiger partial charge in [0.1, 0.15) is 16.1 Å². The van der Waals surface area contributed by atoms with Crippen LogP contribution in [0.5, 0.6) is 0 Å². The predicted octanol–water partition coefficient (Wildman–Crippen LogP) is 2.92. The normalized spacial score (nSPS) is 14.3. The molecule has 1 unspecified atom stereocenters. The lowest BCUT2D eigenvalue weighted by molar-refractivity contribution is 0.651. The molecule has 1 heterocycles. The van der Waals surface area contributed by atoms with Crippen molar-refractivity contribution in [2.45, 2.75) is 32.4 Å². The van der Waals surface area contributed by atoms with Crippen molar-refractivity contribution in [1.29, 1.82) is 0 Å². The molecule has 0 amide bonds. The maximum absolute atomic E-state index is 11.7. The van der Waals surface area contributed by atoms with Gasteiger partial charge in [0.2, 0.25) is 0 Å². The van der Waals surface area contributed by atoms with Crippen LogP contribution in [0.15, 0.2) is 16.5 Å². The summed E-state index contributed by atoms with van der Waals surface area (Å²) in [6, 6.07) is 3.53. The Kier molecular flexibility index (Phi) is 4.21. The molecule has 0 saturated carbocycles. The minimum absolute atomic E-state index is 0.345. The van der Waals surface area contributed by atoms with Gasteiger partial charge in [0.25, 0.3) is 0 Å². The van der Waals surface area contributed by atoms with E-state index in [1.807, 2.05) is 33.8 Å². The van der Waals surface area contributed by atoms with E-state index in [4.69, 9.17) is 11.6 Å². The molecule has 0 saturated heterocycles. The van der Waals surface area contributed by atoms with Gasteiger partial charge in [-0.1, -0.05) is 11.6 Å². The third kappa shape index (κ3) is 4.02. The van der Waals surface area contributed by atoms with Crippen LogP contribution in [0.1, 0.15) is 32.0 Å². The zero-order chi connectivity index (χ0) is 12.3. The zero-order valence-electron chi connectivity index (χ0n) is 9.82. The van der Waals surface area contributed by atoms with Gasteiger partial charge in [-0.3, -0.25) is 0 Å². The molecule has 1 rings (SSSR count). The maximum Gasteiger partial charge on any atom is 0.144 e. The fourth-order valence-electron chi connectivity index (χ4n) is 0.995. The van der Waals surface area contributed by atoms with Crippen molar-refractivity contribution >= 4 is 28.8 Å². The van der Waals surface area contributed by atoms with Crippen LogP contribution in [0.25, 0.3) is 0 Å². The molecule has 0 fully saturated rings. The molecule has 0 spiro atoms. The molecule has 1 atom stereocenters. The SMILES string of the molecule is Cc1cc(/C=N/S(=O)C(C)(C)C)cc(Cl)n1. The first-order chi connectivity index (χ1) is 7.29. The van der Waals surface area contributed by atoms with Crippen LogP contribution in [0, 0.1) is 6.92 Å². The van der Waals surface area contributed by atoms with Crippen molar-refractivity contribution in [3.05, 3.63) is 28.5 Å². The fraction of sp³-hybridized carbons (Fsp3) is 0.455. The molecule has 0 radical (unpaired) electrons. The van der Waals surface area contributed by atoms with E-state index in [1.165, 1.54) is 0 Å². The summed E-state index contributed by atoms with van der Waals surface area (Å²) in [4.78, 5) is 4.04. The molecule has 3 nitrogen and oxygen atoms in total. The van der Waals surface area contributed by atoms with Crippen LogP contribution in [0.3, 0.4) is 0 Å². The minimum atomic E-state index is -1.25. The van der Waals surface area contributed by atoms with Crippen molar-refractivity contribution in [3.8, 4) is 0 Å². The lowest BCUT2D eigenvalue weighted by Gasteiger charge is -2.12. The van der Waals surface area contributed by atoms with E-state index in [1.54, 1.807) is 12.3 Å². The Morgan fingerprint density at radius 2 is 2.06 bits per heavy atom. The second-order valence-electron chi connectivity index (χ2n) is 4.46. The van der Waals surface area contributed by atoms with Gasteiger partial charge in [-0.2, -0.15) is 4.40 Å². The molecular formula is C11H15ClN2OS. The number of nitrogens with zero attached hydrogens (tertiary/aromatic N) is 2. The van der Waals surface area contributed by atoms with Crippen LogP contribution in [-0.4, -0.2) is 20.2 Å². The Bertz CT molecular complexity index is 418. The van der Waals surface area contributed by atoms with Crippen molar-refractivity contribution in [2.24, 2.45) is 4.40 Å². The number of rotatable bonds is 2. The van der Waals surface area contributed by atoms with Crippen LogP contribution in [-0.2, 0) is 11.0 Å². The summed E-state index contributed by atoms with van der Waals surface area (Å²) in [5.74, 6) is 0. The highest BCUT2D eigenvalue weighted by molar-refractivity contribution is 7.85. The zero-order valence-corrected chi connectivity index (χ0v) is 11.4. The van der Waals surface area contributed by atoms with Crippen LogP contribution in [0.2, 0.25) is 5.15 Å². The highest BCUT2D eigenvalue weighted by Crippen LogP contribution is 2.13.